The molecule has 0 aliphatic carbocycles. The first-order valence-electron chi connectivity index (χ1n) is 6.03. The van der Waals surface area contributed by atoms with Crippen molar-refractivity contribution >= 4 is 17.9 Å². The molecule has 0 aromatic carbocycles. The number of nitrogens with one attached hydrogen (secondary N) is 3. The zero-order valence-corrected chi connectivity index (χ0v) is 11.3. The second-order valence-electron chi connectivity index (χ2n) is 3.51. The molecule has 0 heterocycles. The number of methoxy groups -OCH3 is 1. The van der Waals surface area contributed by atoms with Crippen LogP contribution < -0.4 is 16.0 Å². The molecule has 8 nitrogen and oxygen atoms in total. The molecular formula is C11H21N3O5. The van der Waals surface area contributed by atoms with E-state index < -0.39 is 12.0 Å². The Morgan fingerprint density at radius 1 is 1.05 bits per heavy atom. The number of amides is 3. The molecule has 0 aromatic heterocycles. The zero-order valence-electron chi connectivity index (χ0n) is 11.3. The van der Waals surface area contributed by atoms with Crippen LogP contribution in [0.5, 0.6) is 0 Å². The Hall–Kier alpha value is -1.83. The molecule has 0 aliphatic heterocycles. The van der Waals surface area contributed by atoms with Crippen LogP contribution in [0.1, 0.15) is 13.3 Å². The lowest BCUT2D eigenvalue weighted by Crippen LogP contribution is -2.40. The summed E-state index contributed by atoms with van der Waals surface area (Å²) in [6.45, 7) is 2.82. The number of esters is 1. The van der Waals surface area contributed by atoms with Gasteiger partial charge < -0.3 is 25.4 Å². The SMILES string of the molecule is CCOC(=O)CNC(=O)NCCC(=O)NCCOC. The summed E-state index contributed by atoms with van der Waals surface area (Å²) in [6, 6.07) is -0.516. The molecule has 0 unspecified atom stereocenters. The van der Waals surface area contributed by atoms with E-state index in [2.05, 4.69) is 20.7 Å². The van der Waals surface area contributed by atoms with E-state index in [1.165, 1.54) is 0 Å². The van der Waals surface area contributed by atoms with Crippen molar-refractivity contribution in [3.8, 4) is 0 Å². The molecule has 8 heteroatoms. The number of ether oxygens (including phenoxy) is 2. The van der Waals surface area contributed by atoms with E-state index in [1.807, 2.05) is 0 Å². The van der Waals surface area contributed by atoms with Gasteiger partial charge in [0.25, 0.3) is 0 Å². The van der Waals surface area contributed by atoms with E-state index in [4.69, 9.17) is 4.74 Å². The van der Waals surface area contributed by atoms with Gasteiger partial charge in [-0.2, -0.15) is 0 Å². The summed E-state index contributed by atoms with van der Waals surface area (Å²) in [7, 11) is 1.54. The molecule has 0 saturated heterocycles. The smallest absolute Gasteiger partial charge is 0.325 e. The molecule has 3 amide bonds. The van der Waals surface area contributed by atoms with Crippen molar-refractivity contribution in [2.75, 3.05) is 40.0 Å². The largest absolute Gasteiger partial charge is 0.465 e. The first-order chi connectivity index (χ1) is 9.10. The van der Waals surface area contributed by atoms with Crippen molar-refractivity contribution in [3.63, 3.8) is 0 Å². The highest BCUT2D eigenvalue weighted by Crippen LogP contribution is 1.79. The third-order valence-corrected chi connectivity index (χ3v) is 1.96. The predicted octanol–water partition coefficient (Wildman–Crippen LogP) is -0.999. The number of hydrogen-bond acceptors (Lipinski definition) is 5. The van der Waals surface area contributed by atoms with Gasteiger partial charge in [-0.15, -0.1) is 0 Å². The molecule has 0 bridgehead atoms. The predicted molar refractivity (Wildman–Crippen MR) is 67.5 cm³/mol. The van der Waals surface area contributed by atoms with Crippen molar-refractivity contribution in [2.45, 2.75) is 13.3 Å². The number of urea groups is 1. The van der Waals surface area contributed by atoms with Crippen LogP contribution in [0, 0.1) is 0 Å². The van der Waals surface area contributed by atoms with Crippen LogP contribution in [0.25, 0.3) is 0 Å². The molecule has 0 spiro atoms. The molecule has 3 N–H and O–H groups in total. The minimum atomic E-state index is -0.516. The second-order valence-corrected chi connectivity index (χ2v) is 3.51. The fourth-order valence-corrected chi connectivity index (χ4v) is 1.10. The first kappa shape index (κ1) is 17.2. The normalized spacial score (nSPS) is 9.58. The van der Waals surface area contributed by atoms with Gasteiger partial charge in [0, 0.05) is 26.6 Å². The second kappa shape index (κ2) is 11.3. The molecule has 110 valence electrons. The van der Waals surface area contributed by atoms with Crippen LogP contribution in [0.15, 0.2) is 0 Å². The van der Waals surface area contributed by atoms with Crippen LogP contribution >= 0.6 is 0 Å². The Bertz CT molecular complexity index is 296. The maximum atomic E-state index is 11.2. The molecule has 0 aliphatic rings. The van der Waals surface area contributed by atoms with Gasteiger partial charge in [0.15, 0.2) is 0 Å². The Kier molecular flexibility index (Phi) is 10.2. The van der Waals surface area contributed by atoms with Crippen LogP contribution in [0.2, 0.25) is 0 Å². The van der Waals surface area contributed by atoms with Crippen LogP contribution in [0.3, 0.4) is 0 Å². The van der Waals surface area contributed by atoms with Crippen LogP contribution in [-0.4, -0.2) is 57.9 Å². The fraction of sp³-hybridized carbons (Fsp3) is 0.727. The average molecular weight is 275 g/mol. The molecular weight excluding hydrogens is 254 g/mol. The summed E-state index contributed by atoms with van der Waals surface area (Å²) in [5.41, 5.74) is 0. The summed E-state index contributed by atoms with van der Waals surface area (Å²) in [6.07, 6.45) is 0.163. The van der Waals surface area contributed by atoms with E-state index in [9.17, 15) is 14.4 Å². The monoisotopic (exact) mass is 275 g/mol. The fourth-order valence-electron chi connectivity index (χ4n) is 1.10. The molecule has 0 radical (unpaired) electrons. The van der Waals surface area contributed by atoms with E-state index in [0.29, 0.717) is 13.2 Å². The number of hydrogen-bond donors (Lipinski definition) is 3. The van der Waals surface area contributed by atoms with Crippen molar-refractivity contribution in [1.82, 2.24) is 16.0 Å². The summed E-state index contributed by atoms with van der Waals surface area (Å²) < 4.78 is 9.40. The lowest BCUT2D eigenvalue weighted by Gasteiger charge is -2.07. The minimum Gasteiger partial charge on any atom is -0.465 e. The third kappa shape index (κ3) is 11.0. The average Bonchev–Trinajstić information content (AvgIpc) is 2.37. The topological polar surface area (TPSA) is 106 Å². The van der Waals surface area contributed by atoms with Crippen molar-refractivity contribution in [3.05, 3.63) is 0 Å². The van der Waals surface area contributed by atoms with Gasteiger partial charge in [0.2, 0.25) is 5.91 Å². The molecule has 0 rings (SSSR count). The quantitative estimate of drug-likeness (QED) is 0.370. The van der Waals surface area contributed by atoms with Crippen LogP contribution in [-0.2, 0) is 19.1 Å². The highest BCUT2D eigenvalue weighted by molar-refractivity contribution is 5.81. The molecule has 0 atom stereocenters. The van der Waals surface area contributed by atoms with Gasteiger partial charge in [-0.25, -0.2) is 4.79 Å². The Morgan fingerprint density at radius 3 is 2.42 bits per heavy atom. The summed E-state index contributed by atoms with van der Waals surface area (Å²) in [5.74, 6) is -0.683. The zero-order chi connectivity index (χ0) is 14.5. The summed E-state index contributed by atoms with van der Waals surface area (Å²) in [4.78, 5) is 33.4. The van der Waals surface area contributed by atoms with Gasteiger partial charge in [0.05, 0.1) is 13.2 Å². The Morgan fingerprint density at radius 2 is 1.79 bits per heavy atom. The Balaban J connectivity index is 3.52. The lowest BCUT2D eigenvalue weighted by molar-refractivity contribution is -0.141. The van der Waals surface area contributed by atoms with Crippen molar-refractivity contribution in [2.24, 2.45) is 0 Å². The van der Waals surface area contributed by atoms with E-state index in [-0.39, 0.29) is 32.0 Å². The third-order valence-electron chi connectivity index (χ3n) is 1.96. The van der Waals surface area contributed by atoms with Gasteiger partial charge in [-0.1, -0.05) is 0 Å². The van der Waals surface area contributed by atoms with Crippen molar-refractivity contribution in [1.29, 1.82) is 0 Å². The molecule has 0 fully saturated rings. The van der Waals surface area contributed by atoms with E-state index in [1.54, 1.807) is 14.0 Å². The van der Waals surface area contributed by atoms with Gasteiger partial charge in [-0.3, -0.25) is 9.59 Å². The van der Waals surface area contributed by atoms with Gasteiger partial charge in [0.1, 0.15) is 6.54 Å². The summed E-state index contributed by atoms with van der Waals surface area (Å²) >= 11 is 0. The number of carbonyl (C=O) groups is 3. The molecule has 0 aromatic rings. The van der Waals surface area contributed by atoms with E-state index in [0.717, 1.165) is 0 Å². The van der Waals surface area contributed by atoms with E-state index >= 15 is 0 Å². The number of rotatable bonds is 9. The standard InChI is InChI=1S/C11H21N3O5/c1-3-19-10(16)8-14-11(17)13-5-4-9(15)12-6-7-18-2/h3-8H2,1-2H3,(H,12,15)(H2,13,14,17). The van der Waals surface area contributed by atoms with Crippen LogP contribution in [0.4, 0.5) is 4.79 Å². The first-order valence-corrected chi connectivity index (χ1v) is 6.03. The minimum absolute atomic E-state index is 0.163. The van der Waals surface area contributed by atoms with Crippen molar-refractivity contribution < 1.29 is 23.9 Å². The molecule has 19 heavy (non-hydrogen) atoms. The van der Waals surface area contributed by atoms with Gasteiger partial charge in [-0.05, 0) is 6.92 Å². The molecule has 0 saturated carbocycles. The highest BCUT2D eigenvalue weighted by atomic mass is 16.5. The van der Waals surface area contributed by atoms with Gasteiger partial charge >= 0.3 is 12.0 Å². The highest BCUT2D eigenvalue weighted by Gasteiger charge is 2.06. The Labute approximate surface area is 112 Å². The summed E-state index contributed by atoms with van der Waals surface area (Å²) in [5, 5.41) is 7.38. The maximum absolute atomic E-state index is 11.2. The number of carbonyl (C=O) groups excluding carboxylic acids is 3. The lowest BCUT2D eigenvalue weighted by atomic mass is 10.4. The maximum Gasteiger partial charge on any atom is 0.325 e.